The lowest BCUT2D eigenvalue weighted by Gasteiger charge is -2.15. The summed E-state index contributed by atoms with van der Waals surface area (Å²) >= 11 is 6.00. The number of nitrogens with one attached hydrogen (secondary N) is 1. The maximum atomic E-state index is 11.7. The maximum absolute atomic E-state index is 11.7. The van der Waals surface area contributed by atoms with Crippen LogP contribution >= 0.6 is 11.6 Å². The maximum Gasteiger partial charge on any atom is 0.257 e. The molecule has 4 nitrogen and oxygen atoms in total. The van der Waals surface area contributed by atoms with E-state index in [-0.39, 0.29) is 24.5 Å². The minimum atomic E-state index is -0.160. The second-order valence-corrected chi connectivity index (χ2v) is 5.88. The molecule has 0 aliphatic heterocycles. The highest BCUT2D eigenvalue weighted by atomic mass is 35.5. The Morgan fingerprint density at radius 2 is 2.25 bits per heavy atom. The Labute approximate surface area is 124 Å². The molecule has 20 heavy (non-hydrogen) atoms. The molecule has 0 unspecified atom stereocenters. The van der Waals surface area contributed by atoms with Crippen LogP contribution in [0.25, 0.3) is 0 Å². The van der Waals surface area contributed by atoms with Crippen molar-refractivity contribution in [1.29, 1.82) is 0 Å². The molecule has 0 bridgehead atoms. The van der Waals surface area contributed by atoms with E-state index in [1.807, 2.05) is 19.1 Å². The van der Waals surface area contributed by atoms with Crippen LogP contribution in [0.4, 0.5) is 0 Å². The van der Waals surface area contributed by atoms with Gasteiger partial charge < -0.3 is 15.2 Å². The van der Waals surface area contributed by atoms with Crippen LogP contribution in [0.1, 0.15) is 24.8 Å². The van der Waals surface area contributed by atoms with Gasteiger partial charge in [-0.25, -0.2) is 0 Å². The topological polar surface area (TPSA) is 58.6 Å². The predicted molar refractivity (Wildman–Crippen MR) is 78.1 cm³/mol. The van der Waals surface area contributed by atoms with Crippen molar-refractivity contribution < 1.29 is 14.6 Å². The molecule has 0 radical (unpaired) electrons. The lowest BCUT2D eigenvalue weighted by atomic mass is 10.0. The Balaban J connectivity index is 1.76. The zero-order valence-corrected chi connectivity index (χ0v) is 12.4. The number of amides is 1. The number of rotatable bonds is 7. The molecule has 1 aromatic carbocycles. The number of aliphatic hydroxyl groups excluding tert-OH is 1. The molecule has 1 saturated carbocycles. The number of ether oxygens (including phenoxy) is 1. The number of carbonyl (C=O) groups excluding carboxylic acids is 1. The van der Waals surface area contributed by atoms with Gasteiger partial charge in [0, 0.05) is 13.2 Å². The summed E-state index contributed by atoms with van der Waals surface area (Å²) in [6.45, 7) is 2.68. The van der Waals surface area contributed by atoms with Gasteiger partial charge in [0.05, 0.1) is 5.02 Å². The number of hydrogen-bond donors (Lipinski definition) is 2. The summed E-state index contributed by atoms with van der Waals surface area (Å²) in [5, 5.41) is 12.3. The largest absolute Gasteiger partial charge is 0.482 e. The fraction of sp³-hybridized carbons (Fsp3) is 0.533. The molecule has 5 heteroatoms. The first-order valence-electron chi connectivity index (χ1n) is 6.81. The number of halogens is 1. The second kappa shape index (κ2) is 6.46. The lowest BCUT2D eigenvalue weighted by molar-refractivity contribution is -0.123. The molecule has 0 spiro atoms. The van der Waals surface area contributed by atoms with Crippen LogP contribution < -0.4 is 10.1 Å². The van der Waals surface area contributed by atoms with Gasteiger partial charge in [-0.2, -0.15) is 0 Å². The number of benzene rings is 1. The smallest absolute Gasteiger partial charge is 0.257 e. The highest BCUT2D eigenvalue weighted by Crippen LogP contribution is 2.47. The molecule has 2 N–H and O–H groups in total. The Morgan fingerprint density at radius 3 is 2.90 bits per heavy atom. The van der Waals surface area contributed by atoms with Gasteiger partial charge in [-0.1, -0.05) is 17.7 Å². The molecule has 0 saturated heterocycles. The van der Waals surface area contributed by atoms with Crippen molar-refractivity contribution in [1.82, 2.24) is 5.32 Å². The SMILES string of the molecule is Cc1ccc(Cl)c(OCC(=O)NCC2(CCO)CC2)c1. The van der Waals surface area contributed by atoms with E-state index >= 15 is 0 Å². The number of aliphatic hydroxyl groups is 1. The summed E-state index contributed by atoms with van der Waals surface area (Å²) in [6, 6.07) is 5.45. The Morgan fingerprint density at radius 1 is 1.50 bits per heavy atom. The summed E-state index contributed by atoms with van der Waals surface area (Å²) in [5.41, 5.74) is 1.15. The van der Waals surface area contributed by atoms with E-state index in [2.05, 4.69) is 5.32 Å². The molecule has 1 aliphatic carbocycles. The summed E-state index contributed by atoms with van der Waals surface area (Å²) in [6.07, 6.45) is 2.88. The molecular weight excluding hydrogens is 278 g/mol. The summed E-state index contributed by atoms with van der Waals surface area (Å²) in [5.74, 6) is 0.366. The molecule has 0 aromatic heterocycles. The average molecular weight is 298 g/mol. The van der Waals surface area contributed by atoms with Gasteiger partial charge in [-0.15, -0.1) is 0 Å². The van der Waals surface area contributed by atoms with Gasteiger partial charge in [0.25, 0.3) is 5.91 Å². The quantitative estimate of drug-likeness (QED) is 0.812. The van der Waals surface area contributed by atoms with Gasteiger partial charge in [-0.3, -0.25) is 4.79 Å². The van der Waals surface area contributed by atoms with Crippen molar-refractivity contribution in [2.45, 2.75) is 26.2 Å². The monoisotopic (exact) mass is 297 g/mol. The molecule has 1 fully saturated rings. The Kier molecular flexibility index (Phi) is 4.89. The summed E-state index contributed by atoms with van der Waals surface area (Å²) in [7, 11) is 0. The van der Waals surface area contributed by atoms with E-state index in [4.69, 9.17) is 21.4 Å². The zero-order valence-electron chi connectivity index (χ0n) is 11.6. The van der Waals surface area contributed by atoms with E-state index in [0.29, 0.717) is 17.3 Å². The third-order valence-electron chi connectivity index (χ3n) is 3.71. The van der Waals surface area contributed by atoms with Crippen LogP contribution in [0.15, 0.2) is 18.2 Å². The number of aryl methyl sites for hydroxylation is 1. The Bertz CT molecular complexity index is 486. The van der Waals surface area contributed by atoms with Crippen LogP contribution in [0.5, 0.6) is 5.75 Å². The highest BCUT2D eigenvalue weighted by molar-refractivity contribution is 6.32. The third kappa shape index (κ3) is 4.12. The predicted octanol–water partition coefficient (Wildman–Crippen LogP) is 2.31. The summed E-state index contributed by atoms with van der Waals surface area (Å²) < 4.78 is 5.43. The lowest BCUT2D eigenvalue weighted by Crippen LogP contribution is -2.34. The fourth-order valence-electron chi connectivity index (χ4n) is 2.13. The molecule has 1 aromatic rings. The van der Waals surface area contributed by atoms with Crippen molar-refractivity contribution in [3.63, 3.8) is 0 Å². The molecule has 0 heterocycles. The van der Waals surface area contributed by atoms with E-state index in [0.717, 1.165) is 24.8 Å². The summed E-state index contributed by atoms with van der Waals surface area (Å²) in [4.78, 5) is 11.7. The van der Waals surface area contributed by atoms with Crippen molar-refractivity contribution in [2.75, 3.05) is 19.8 Å². The van der Waals surface area contributed by atoms with Gasteiger partial charge in [-0.05, 0) is 49.3 Å². The van der Waals surface area contributed by atoms with Crippen molar-refractivity contribution in [2.24, 2.45) is 5.41 Å². The third-order valence-corrected chi connectivity index (χ3v) is 4.02. The molecule has 0 atom stereocenters. The van der Waals surface area contributed by atoms with Crippen LogP contribution in [0.2, 0.25) is 5.02 Å². The first kappa shape index (κ1) is 15.1. The van der Waals surface area contributed by atoms with Gasteiger partial charge in [0.2, 0.25) is 0 Å². The molecule has 2 rings (SSSR count). The minimum absolute atomic E-state index is 0.0433. The van der Waals surface area contributed by atoms with Crippen molar-refractivity contribution in [3.8, 4) is 5.75 Å². The fourth-order valence-corrected chi connectivity index (χ4v) is 2.30. The second-order valence-electron chi connectivity index (χ2n) is 5.47. The number of hydrogen-bond acceptors (Lipinski definition) is 3. The molecule has 110 valence electrons. The van der Waals surface area contributed by atoms with Gasteiger partial charge >= 0.3 is 0 Å². The Hall–Kier alpha value is -1.26. The first-order chi connectivity index (χ1) is 9.54. The van der Waals surface area contributed by atoms with E-state index < -0.39 is 0 Å². The van der Waals surface area contributed by atoms with Crippen LogP contribution in [-0.4, -0.2) is 30.8 Å². The molecular formula is C15H20ClNO3. The van der Waals surface area contributed by atoms with E-state index in [1.165, 1.54) is 0 Å². The van der Waals surface area contributed by atoms with E-state index in [1.54, 1.807) is 6.07 Å². The van der Waals surface area contributed by atoms with Crippen LogP contribution in [0.3, 0.4) is 0 Å². The first-order valence-corrected chi connectivity index (χ1v) is 7.19. The van der Waals surface area contributed by atoms with Crippen molar-refractivity contribution in [3.05, 3.63) is 28.8 Å². The van der Waals surface area contributed by atoms with Gasteiger partial charge in [0.15, 0.2) is 6.61 Å². The zero-order chi connectivity index (χ0) is 14.6. The highest BCUT2D eigenvalue weighted by Gasteiger charge is 2.41. The molecule has 1 aliphatic rings. The van der Waals surface area contributed by atoms with Gasteiger partial charge in [0.1, 0.15) is 5.75 Å². The van der Waals surface area contributed by atoms with E-state index in [9.17, 15) is 4.79 Å². The van der Waals surface area contributed by atoms with Crippen LogP contribution in [0, 0.1) is 12.3 Å². The van der Waals surface area contributed by atoms with Crippen LogP contribution in [-0.2, 0) is 4.79 Å². The normalized spacial score (nSPS) is 15.8. The molecule has 1 amide bonds. The minimum Gasteiger partial charge on any atom is -0.482 e. The average Bonchev–Trinajstić information content (AvgIpc) is 3.18. The number of carbonyl (C=O) groups is 1. The van der Waals surface area contributed by atoms with Crippen molar-refractivity contribution >= 4 is 17.5 Å². The standard InChI is InChI=1S/C15H20ClNO3/c1-11-2-3-12(16)13(8-11)20-9-14(19)17-10-15(4-5-15)6-7-18/h2-3,8,18H,4-7,9-10H2,1H3,(H,17,19).